The maximum Gasteiger partial charge on any atom is 0.250 e. The van der Waals surface area contributed by atoms with Gasteiger partial charge >= 0.3 is 0 Å². The van der Waals surface area contributed by atoms with Crippen molar-refractivity contribution in [2.45, 2.75) is 13.8 Å². The first kappa shape index (κ1) is 21.0. The highest BCUT2D eigenvalue weighted by Crippen LogP contribution is 2.35. The third-order valence-corrected chi connectivity index (χ3v) is 5.88. The number of pyridine rings is 2. The molecule has 0 atom stereocenters. The van der Waals surface area contributed by atoms with E-state index < -0.39 is 17.7 Å². The van der Waals surface area contributed by atoms with Crippen LogP contribution < -0.4 is 5.73 Å². The molecule has 33 heavy (non-hydrogen) atoms. The van der Waals surface area contributed by atoms with Crippen LogP contribution in [-0.2, 0) is 0 Å². The molecule has 2 aromatic carbocycles. The van der Waals surface area contributed by atoms with Crippen molar-refractivity contribution < 1.29 is 13.6 Å². The standard InChI is InChI=1S/C24H16ClF2N5O/c1-11-10-30-20-15(4-3-5-17(20)25)22(11)32-12(2)31-21-16(24(28)33)8-13(9-18(21)32)14-6-7-29-23(27)19(14)26/h3-10H,1-2H3,(H2,28,33). The average Bonchev–Trinajstić information content (AvgIpc) is 3.10. The molecule has 0 unspecified atom stereocenters. The van der Waals surface area contributed by atoms with Crippen molar-refractivity contribution in [2.24, 2.45) is 5.73 Å². The number of amides is 1. The van der Waals surface area contributed by atoms with E-state index in [1.807, 2.05) is 23.6 Å². The summed E-state index contributed by atoms with van der Waals surface area (Å²) in [5, 5.41) is 1.26. The highest BCUT2D eigenvalue weighted by atomic mass is 35.5. The first-order chi connectivity index (χ1) is 15.8. The lowest BCUT2D eigenvalue weighted by molar-refractivity contribution is 0.100. The first-order valence-corrected chi connectivity index (χ1v) is 10.3. The number of carbonyl (C=O) groups is 1. The minimum atomic E-state index is -1.23. The number of rotatable bonds is 3. The molecule has 0 bridgehead atoms. The Labute approximate surface area is 191 Å². The molecule has 9 heteroatoms. The monoisotopic (exact) mass is 463 g/mol. The van der Waals surface area contributed by atoms with Gasteiger partial charge in [-0.1, -0.05) is 23.7 Å². The maximum absolute atomic E-state index is 14.6. The van der Waals surface area contributed by atoms with Crippen molar-refractivity contribution in [1.82, 2.24) is 19.5 Å². The number of nitrogens with zero attached hydrogens (tertiary/aromatic N) is 4. The van der Waals surface area contributed by atoms with E-state index in [2.05, 4.69) is 15.0 Å². The molecule has 0 aliphatic heterocycles. The number of fused-ring (bicyclic) bond motifs is 2. The van der Waals surface area contributed by atoms with Gasteiger partial charge in [0.15, 0.2) is 5.82 Å². The summed E-state index contributed by atoms with van der Waals surface area (Å²) >= 11 is 6.37. The van der Waals surface area contributed by atoms with Crippen molar-refractivity contribution in [3.05, 3.63) is 82.5 Å². The molecular formula is C24H16ClF2N5O. The predicted molar refractivity (Wildman–Crippen MR) is 123 cm³/mol. The van der Waals surface area contributed by atoms with Crippen LogP contribution in [0.4, 0.5) is 8.78 Å². The zero-order valence-electron chi connectivity index (χ0n) is 17.5. The van der Waals surface area contributed by atoms with Gasteiger partial charge in [0.05, 0.1) is 27.3 Å². The van der Waals surface area contributed by atoms with E-state index in [1.54, 1.807) is 25.3 Å². The maximum atomic E-state index is 14.6. The van der Waals surface area contributed by atoms with Crippen molar-refractivity contribution >= 4 is 39.4 Å². The number of imidazole rings is 1. The van der Waals surface area contributed by atoms with Crippen LogP contribution in [0.1, 0.15) is 21.7 Å². The van der Waals surface area contributed by atoms with E-state index >= 15 is 0 Å². The van der Waals surface area contributed by atoms with E-state index in [1.165, 1.54) is 12.1 Å². The predicted octanol–water partition coefficient (Wildman–Crippen LogP) is 5.28. The Hall–Kier alpha value is -3.91. The van der Waals surface area contributed by atoms with E-state index in [0.717, 1.165) is 22.8 Å². The van der Waals surface area contributed by atoms with Crippen molar-refractivity contribution in [3.63, 3.8) is 0 Å². The molecule has 0 spiro atoms. The summed E-state index contributed by atoms with van der Waals surface area (Å²) in [7, 11) is 0. The molecule has 164 valence electrons. The fourth-order valence-electron chi connectivity index (χ4n) is 4.13. The Bertz CT molecular complexity index is 1610. The second-order valence-corrected chi connectivity index (χ2v) is 8.05. The number of hydrogen-bond donors (Lipinski definition) is 1. The average molecular weight is 464 g/mol. The fraction of sp³-hybridized carbons (Fsp3) is 0.0833. The topological polar surface area (TPSA) is 86.7 Å². The molecule has 2 N–H and O–H groups in total. The van der Waals surface area contributed by atoms with E-state index in [9.17, 15) is 13.6 Å². The summed E-state index contributed by atoms with van der Waals surface area (Å²) in [5.74, 6) is -2.52. The number of nitrogens with two attached hydrogens (primary N) is 1. The second-order valence-electron chi connectivity index (χ2n) is 7.64. The molecule has 0 fully saturated rings. The van der Waals surface area contributed by atoms with Crippen LogP contribution in [0.2, 0.25) is 5.02 Å². The summed E-state index contributed by atoms with van der Waals surface area (Å²) in [6, 6.07) is 9.85. The van der Waals surface area contributed by atoms with Crippen LogP contribution in [-0.4, -0.2) is 25.4 Å². The molecule has 3 aromatic heterocycles. The van der Waals surface area contributed by atoms with Gasteiger partial charge in [0.25, 0.3) is 5.91 Å². The number of aromatic nitrogens is 4. The van der Waals surface area contributed by atoms with E-state index in [0.29, 0.717) is 27.4 Å². The summed E-state index contributed by atoms with van der Waals surface area (Å²) in [6.07, 6.45) is 2.86. The van der Waals surface area contributed by atoms with Gasteiger partial charge in [-0.05, 0) is 49.2 Å². The Morgan fingerprint density at radius 2 is 1.88 bits per heavy atom. The minimum absolute atomic E-state index is 0.0448. The van der Waals surface area contributed by atoms with E-state index in [-0.39, 0.29) is 16.7 Å². The lowest BCUT2D eigenvalue weighted by atomic mass is 10.0. The number of para-hydroxylation sites is 1. The largest absolute Gasteiger partial charge is 0.366 e. The Morgan fingerprint density at radius 3 is 2.64 bits per heavy atom. The molecule has 0 radical (unpaired) electrons. The van der Waals surface area contributed by atoms with Crippen LogP contribution in [0, 0.1) is 25.6 Å². The normalized spacial score (nSPS) is 11.4. The van der Waals surface area contributed by atoms with Gasteiger partial charge in [-0.25, -0.2) is 14.4 Å². The molecule has 5 rings (SSSR count). The number of primary amides is 1. The van der Waals surface area contributed by atoms with Crippen LogP contribution in [0.3, 0.4) is 0 Å². The molecule has 0 aliphatic carbocycles. The molecule has 6 nitrogen and oxygen atoms in total. The van der Waals surface area contributed by atoms with Crippen LogP contribution >= 0.6 is 11.6 Å². The second kappa shape index (κ2) is 7.60. The van der Waals surface area contributed by atoms with Crippen molar-refractivity contribution in [3.8, 4) is 16.8 Å². The molecule has 0 aliphatic rings. The fourth-order valence-corrected chi connectivity index (χ4v) is 4.35. The Balaban J connectivity index is 1.93. The zero-order valence-corrected chi connectivity index (χ0v) is 18.3. The summed E-state index contributed by atoms with van der Waals surface area (Å²) in [4.78, 5) is 24.7. The van der Waals surface area contributed by atoms with Crippen LogP contribution in [0.5, 0.6) is 0 Å². The molecule has 1 amide bonds. The quantitative estimate of drug-likeness (QED) is 0.369. The lowest BCUT2D eigenvalue weighted by Gasteiger charge is -2.15. The molecular weight excluding hydrogens is 448 g/mol. The van der Waals surface area contributed by atoms with Gasteiger partial charge in [-0.3, -0.25) is 14.3 Å². The van der Waals surface area contributed by atoms with Crippen molar-refractivity contribution in [2.75, 3.05) is 0 Å². The van der Waals surface area contributed by atoms with Gasteiger partial charge in [-0.15, -0.1) is 0 Å². The van der Waals surface area contributed by atoms with Gasteiger partial charge in [0, 0.05) is 23.3 Å². The summed E-state index contributed by atoms with van der Waals surface area (Å²) in [5.41, 5.74) is 9.01. The number of carbonyl (C=O) groups excluding carboxylic acids is 1. The number of aryl methyl sites for hydroxylation is 2. The number of halogens is 3. The van der Waals surface area contributed by atoms with Crippen LogP contribution in [0.15, 0.2) is 48.8 Å². The zero-order chi connectivity index (χ0) is 23.4. The molecule has 0 saturated carbocycles. The highest BCUT2D eigenvalue weighted by molar-refractivity contribution is 6.35. The highest BCUT2D eigenvalue weighted by Gasteiger charge is 2.22. The lowest BCUT2D eigenvalue weighted by Crippen LogP contribution is -2.12. The van der Waals surface area contributed by atoms with Gasteiger partial charge in [0.1, 0.15) is 11.3 Å². The molecule has 3 heterocycles. The SMILES string of the molecule is Cc1cnc2c(Cl)cccc2c1-n1c(C)nc2c(C(N)=O)cc(-c3ccnc(F)c3F)cc21. The Morgan fingerprint density at radius 1 is 1.09 bits per heavy atom. The van der Waals surface area contributed by atoms with Crippen LogP contribution in [0.25, 0.3) is 38.8 Å². The van der Waals surface area contributed by atoms with E-state index in [4.69, 9.17) is 17.3 Å². The summed E-state index contributed by atoms with van der Waals surface area (Å²) < 4.78 is 30.2. The van der Waals surface area contributed by atoms with Gasteiger partial charge in [0.2, 0.25) is 5.95 Å². The smallest absolute Gasteiger partial charge is 0.250 e. The Kier molecular flexibility index (Phi) is 4.83. The molecule has 5 aromatic rings. The number of hydrogen-bond acceptors (Lipinski definition) is 4. The van der Waals surface area contributed by atoms with Crippen molar-refractivity contribution in [1.29, 1.82) is 0 Å². The third-order valence-electron chi connectivity index (χ3n) is 5.58. The number of benzene rings is 2. The molecule has 0 saturated heterocycles. The van der Waals surface area contributed by atoms with Gasteiger partial charge in [-0.2, -0.15) is 4.39 Å². The third kappa shape index (κ3) is 3.22. The first-order valence-electron chi connectivity index (χ1n) is 9.95. The summed E-state index contributed by atoms with van der Waals surface area (Å²) in [6.45, 7) is 3.68. The van der Waals surface area contributed by atoms with Gasteiger partial charge < -0.3 is 5.73 Å². The minimum Gasteiger partial charge on any atom is -0.366 e.